The van der Waals surface area contributed by atoms with Gasteiger partial charge in [-0.05, 0) is 37.0 Å². The third-order valence-electron chi connectivity index (χ3n) is 2.84. The molecule has 1 aromatic rings. The monoisotopic (exact) mass is 222 g/mol. The smallest absolute Gasteiger partial charge is 0.115 e. The number of hydrogen-bond acceptors (Lipinski definition) is 2. The van der Waals surface area contributed by atoms with Crippen LogP contribution in [-0.2, 0) is 6.42 Å². The number of benzene rings is 1. The van der Waals surface area contributed by atoms with E-state index in [9.17, 15) is 5.11 Å². The van der Waals surface area contributed by atoms with Crippen molar-refractivity contribution >= 4 is 0 Å². The molecule has 1 unspecified atom stereocenters. The molecule has 0 spiro atoms. The lowest BCUT2D eigenvalue weighted by Gasteiger charge is -2.09. The van der Waals surface area contributed by atoms with Crippen LogP contribution >= 0.6 is 0 Å². The van der Waals surface area contributed by atoms with Gasteiger partial charge in [0.15, 0.2) is 0 Å². The van der Waals surface area contributed by atoms with Gasteiger partial charge in [0.05, 0.1) is 6.10 Å². The first-order chi connectivity index (χ1) is 7.72. The zero-order valence-electron chi connectivity index (χ0n) is 10.0. The van der Waals surface area contributed by atoms with Crippen LogP contribution in [0.2, 0.25) is 0 Å². The summed E-state index contributed by atoms with van der Waals surface area (Å²) in [6.07, 6.45) is 5.95. The molecule has 1 aromatic carbocycles. The van der Waals surface area contributed by atoms with Crippen molar-refractivity contribution < 1.29 is 10.2 Å². The predicted octanol–water partition coefficient (Wildman–Crippen LogP) is 3.27. The molecule has 0 aliphatic carbocycles. The van der Waals surface area contributed by atoms with E-state index in [-0.39, 0.29) is 6.10 Å². The van der Waals surface area contributed by atoms with Crippen LogP contribution in [0.15, 0.2) is 24.3 Å². The molecule has 90 valence electrons. The molecule has 0 bridgehead atoms. The molecule has 1 atom stereocenters. The zero-order valence-corrected chi connectivity index (χ0v) is 10.0. The summed E-state index contributed by atoms with van der Waals surface area (Å²) in [7, 11) is 0. The molecule has 0 radical (unpaired) electrons. The Morgan fingerprint density at radius 2 is 1.75 bits per heavy atom. The van der Waals surface area contributed by atoms with E-state index in [2.05, 4.69) is 6.92 Å². The van der Waals surface area contributed by atoms with Gasteiger partial charge in [-0.1, -0.05) is 38.3 Å². The Labute approximate surface area is 97.9 Å². The van der Waals surface area contributed by atoms with Crippen LogP contribution in [0, 0.1) is 0 Å². The Bertz CT molecular complexity index is 279. The number of aryl methyl sites for hydroxylation is 1. The maximum atomic E-state index is 9.74. The maximum Gasteiger partial charge on any atom is 0.115 e. The Morgan fingerprint density at radius 3 is 2.38 bits per heavy atom. The Hall–Kier alpha value is -1.02. The average Bonchev–Trinajstić information content (AvgIpc) is 2.29. The predicted molar refractivity (Wildman–Crippen MR) is 66.6 cm³/mol. The van der Waals surface area contributed by atoms with Crippen LogP contribution in [-0.4, -0.2) is 16.3 Å². The van der Waals surface area contributed by atoms with Gasteiger partial charge in [-0.3, -0.25) is 0 Å². The lowest BCUT2D eigenvalue weighted by atomic mass is 10.0. The van der Waals surface area contributed by atoms with Gasteiger partial charge >= 0.3 is 0 Å². The number of aliphatic hydroxyl groups is 1. The summed E-state index contributed by atoms with van der Waals surface area (Å²) in [5.41, 5.74) is 1.17. The molecule has 0 saturated carbocycles. The minimum absolute atomic E-state index is 0.180. The molecule has 1 rings (SSSR count). The Balaban J connectivity index is 2.20. The number of phenols is 1. The van der Waals surface area contributed by atoms with Gasteiger partial charge in [0, 0.05) is 0 Å². The average molecular weight is 222 g/mol. The quantitative estimate of drug-likeness (QED) is 0.695. The number of aromatic hydroxyl groups is 1. The fourth-order valence-electron chi connectivity index (χ4n) is 1.77. The standard InChI is InChI=1S/C14H22O2/c1-2-3-4-5-13(15)9-6-12-7-10-14(16)11-8-12/h7-8,10-11,13,15-16H,2-6,9H2,1H3. The third kappa shape index (κ3) is 5.17. The second-order valence-corrected chi connectivity index (χ2v) is 4.35. The number of aliphatic hydroxyl groups excluding tert-OH is 1. The van der Waals surface area contributed by atoms with Crippen LogP contribution in [0.1, 0.15) is 44.6 Å². The fraction of sp³-hybridized carbons (Fsp3) is 0.571. The van der Waals surface area contributed by atoms with Crippen LogP contribution in [0.4, 0.5) is 0 Å². The summed E-state index contributed by atoms with van der Waals surface area (Å²) in [6, 6.07) is 7.21. The lowest BCUT2D eigenvalue weighted by Crippen LogP contribution is -2.07. The molecular weight excluding hydrogens is 200 g/mol. The Morgan fingerprint density at radius 1 is 1.06 bits per heavy atom. The highest BCUT2D eigenvalue weighted by Crippen LogP contribution is 2.13. The van der Waals surface area contributed by atoms with Crippen molar-refractivity contribution in [3.8, 4) is 5.75 Å². The van der Waals surface area contributed by atoms with Gasteiger partial charge in [0.25, 0.3) is 0 Å². The number of unbranched alkanes of at least 4 members (excludes halogenated alkanes) is 2. The van der Waals surface area contributed by atoms with Gasteiger partial charge in [0.1, 0.15) is 5.75 Å². The molecule has 2 nitrogen and oxygen atoms in total. The van der Waals surface area contributed by atoms with E-state index in [1.807, 2.05) is 12.1 Å². The van der Waals surface area contributed by atoms with E-state index in [1.54, 1.807) is 12.1 Å². The van der Waals surface area contributed by atoms with Gasteiger partial charge in [-0.2, -0.15) is 0 Å². The van der Waals surface area contributed by atoms with Crippen molar-refractivity contribution in [2.24, 2.45) is 0 Å². The first-order valence-electron chi connectivity index (χ1n) is 6.18. The van der Waals surface area contributed by atoms with Crippen LogP contribution < -0.4 is 0 Å². The molecule has 0 saturated heterocycles. The second-order valence-electron chi connectivity index (χ2n) is 4.35. The highest BCUT2D eigenvalue weighted by Gasteiger charge is 2.04. The van der Waals surface area contributed by atoms with Gasteiger partial charge in [-0.25, -0.2) is 0 Å². The topological polar surface area (TPSA) is 40.5 Å². The summed E-state index contributed by atoms with van der Waals surface area (Å²) in [6.45, 7) is 2.17. The van der Waals surface area contributed by atoms with E-state index < -0.39 is 0 Å². The van der Waals surface area contributed by atoms with E-state index >= 15 is 0 Å². The molecule has 2 N–H and O–H groups in total. The molecule has 0 aliphatic rings. The van der Waals surface area contributed by atoms with E-state index in [0.29, 0.717) is 5.75 Å². The van der Waals surface area contributed by atoms with Crippen molar-refractivity contribution in [1.29, 1.82) is 0 Å². The van der Waals surface area contributed by atoms with E-state index in [0.717, 1.165) is 25.7 Å². The lowest BCUT2D eigenvalue weighted by molar-refractivity contribution is 0.151. The summed E-state index contributed by atoms with van der Waals surface area (Å²) in [5, 5.41) is 18.9. The van der Waals surface area contributed by atoms with Gasteiger partial charge in [0.2, 0.25) is 0 Å². The van der Waals surface area contributed by atoms with Crippen LogP contribution in [0.5, 0.6) is 5.75 Å². The summed E-state index contributed by atoms with van der Waals surface area (Å²) in [4.78, 5) is 0. The molecule has 16 heavy (non-hydrogen) atoms. The van der Waals surface area contributed by atoms with Crippen LogP contribution in [0.3, 0.4) is 0 Å². The third-order valence-corrected chi connectivity index (χ3v) is 2.84. The fourth-order valence-corrected chi connectivity index (χ4v) is 1.77. The number of rotatable bonds is 7. The van der Waals surface area contributed by atoms with E-state index in [1.165, 1.54) is 18.4 Å². The second kappa shape index (κ2) is 7.29. The minimum atomic E-state index is -0.180. The molecule has 0 heterocycles. The summed E-state index contributed by atoms with van der Waals surface area (Å²) < 4.78 is 0. The highest BCUT2D eigenvalue weighted by molar-refractivity contribution is 5.25. The normalized spacial score (nSPS) is 12.6. The molecule has 0 amide bonds. The molecule has 2 heteroatoms. The van der Waals surface area contributed by atoms with Gasteiger partial charge < -0.3 is 10.2 Å². The zero-order chi connectivity index (χ0) is 11.8. The first kappa shape index (κ1) is 13.0. The van der Waals surface area contributed by atoms with Crippen molar-refractivity contribution in [2.75, 3.05) is 0 Å². The summed E-state index contributed by atoms with van der Waals surface area (Å²) >= 11 is 0. The molecular formula is C14H22O2. The minimum Gasteiger partial charge on any atom is -0.508 e. The van der Waals surface area contributed by atoms with Crippen molar-refractivity contribution in [2.45, 2.75) is 51.6 Å². The highest BCUT2D eigenvalue weighted by atomic mass is 16.3. The van der Waals surface area contributed by atoms with E-state index in [4.69, 9.17) is 5.11 Å². The molecule has 0 aliphatic heterocycles. The SMILES string of the molecule is CCCCCC(O)CCc1ccc(O)cc1. The van der Waals surface area contributed by atoms with Gasteiger partial charge in [-0.15, -0.1) is 0 Å². The number of hydrogen-bond donors (Lipinski definition) is 2. The first-order valence-corrected chi connectivity index (χ1v) is 6.18. The molecule has 0 aromatic heterocycles. The maximum absolute atomic E-state index is 9.74. The van der Waals surface area contributed by atoms with Crippen molar-refractivity contribution in [1.82, 2.24) is 0 Å². The summed E-state index contributed by atoms with van der Waals surface area (Å²) in [5.74, 6) is 0.298. The van der Waals surface area contributed by atoms with Crippen molar-refractivity contribution in [3.63, 3.8) is 0 Å². The molecule has 0 fully saturated rings. The Kier molecular flexibility index (Phi) is 5.94. The van der Waals surface area contributed by atoms with Crippen LogP contribution in [0.25, 0.3) is 0 Å². The number of phenolic OH excluding ortho intramolecular Hbond substituents is 1. The largest absolute Gasteiger partial charge is 0.508 e. The van der Waals surface area contributed by atoms with Crippen molar-refractivity contribution in [3.05, 3.63) is 29.8 Å².